The second kappa shape index (κ2) is 10.6. The van der Waals surface area contributed by atoms with Crippen molar-refractivity contribution in [3.8, 4) is 17.3 Å². The van der Waals surface area contributed by atoms with Gasteiger partial charge in [0, 0.05) is 28.5 Å². The Morgan fingerprint density at radius 1 is 0.875 bits per heavy atom. The molecule has 0 bridgehead atoms. The fourth-order valence-electron chi connectivity index (χ4n) is 7.04. The molecule has 0 aliphatic heterocycles. The van der Waals surface area contributed by atoms with Crippen LogP contribution in [0.5, 0.6) is 0 Å². The number of nitriles is 1. The van der Waals surface area contributed by atoms with Gasteiger partial charge in [-0.2, -0.15) is 5.26 Å². The van der Waals surface area contributed by atoms with E-state index < -0.39 is 0 Å². The summed E-state index contributed by atoms with van der Waals surface area (Å²) in [4.78, 5) is 0. The first-order chi connectivity index (χ1) is 19.4. The summed E-state index contributed by atoms with van der Waals surface area (Å²) in [6, 6.07) is 24.4. The summed E-state index contributed by atoms with van der Waals surface area (Å²) in [5.74, 6) is 1.51. The number of pyridine rings is 1. The van der Waals surface area contributed by atoms with Crippen LogP contribution < -0.4 is 4.57 Å². The van der Waals surface area contributed by atoms with E-state index >= 15 is 0 Å². The monoisotopic (exact) mass is 527 g/mol. The fraction of sp³-hybridized carbons (Fsp3) is 0.351. The molecule has 3 heteroatoms. The smallest absolute Gasteiger partial charge is 0.216 e. The molecule has 0 radical (unpaired) electrons. The van der Waals surface area contributed by atoms with E-state index in [1.54, 1.807) is 0 Å². The molecule has 1 fully saturated rings. The van der Waals surface area contributed by atoms with Gasteiger partial charge in [-0.3, -0.25) is 0 Å². The number of furan rings is 1. The maximum absolute atomic E-state index is 10.2. The van der Waals surface area contributed by atoms with Gasteiger partial charge >= 0.3 is 0 Å². The molecule has 0 saturated heterocycles. The second-order valence-corrected chi connectivity index (χ2v) is 12.3. The molecule has 2 aromatic heterocycles. The van der Waals surface area contributed by atoms with Crippen molar-refractivity contribution in [3.05, 3.63) is 100 Å². The molecule has 6 rings (SSSR count). The molecule has 0 N–H and O–H groups in total. The number of aromatic nitrogens is 1. The Kier molecular flexibility index (Phi) is 6.97. The summed E-state index contributed by atoms with van der Waals surface area (Å²) < 4.78 is 9.09. The summed E-state index contributed by atoms with van der Waals surface area (Å²) in [5, 5.41) is 12.4. The Bertz CT molecular complexity index is 1760. The third-order valence-corrected chi connectivity index (χ3v) is 9.05. The van der Waals surface area contributed by atoms with E-state index in [1.807, 2.05) is 6.07 Å². The van der Waals surface area contributed by atoms with Crippen LogP contribution in [0.4, 0.5) is 0 Å². The van der Waals surface area contributed by atoms with Gasteiger partial charge in [0.1, 0.15) is 18.2 Å². The van der Waals surface area contributed by atoms with E-state index in [4.69, 9.17) is 4.42 Å². The number of hydrogen-bond acceptors (Lipinski definition) is 2. The molecule has 3 nitrogen and oxygen atoms in total. The highest BCUT2D eigenvalue weighted by Crippen LogP contribution is 2.46. The standard InChI is InChI=1S/C37H39N2O/c1-23(2)20-26-18-19-39(5)33(21-26)34-25(4)10-16-31-32-17-15-29(22-38)35(37(32)40-36(31)34)28-13-11-27(12-14-28)30-9-7-6-8-24(30)3/h6-10,15-19,21,23,27-28H,11-14,20H2,1-5H3/q+1. The Labute approximate surface area is 238 Å². The number of rotatable bonds is 5. The van der Waals surface area contributed by atoms with Crippen molar-refractivity contribution in [3.63, 3.8) is 0 Å². The predicted molar refractivity (Wildman–Crippen MR) is 163 cm³/mol. The van der Waals surface area contributed by atoms with E-state index in [2.05, 4.69) is 106 Å². The molecule has 1 aliphatic carbocycles. The Morgan fingerprint density at radius 3 is 2.30 bits per heavy atom. The van der Waals surface area contributed by atoms with Crippen LogP contribution in [-0.2, 0) is 13.5 Å². The van der Waals surface area contributed by atoms with Crippen LogP contribution >= 0.6 is 0 Å². The van der Waals surface area contributed by atoms with E-state index in [9.17, 15) is 5.26 Å². The van der Waals surface area contributed by atoms with Crippen molar-refractivity contribution >= 4 is 21.9 Å². The maximum Gasteiger partial charge on any atom is 0.216 e. The van der Waals surface area contributed by atoms with Gasteiger partial charge in [0.25, 0.3) is 0 Å². The predicted octanol–water partition coefficient (Wildman–Crippen LogP) is 9.21. The van der Waals surface area contributed by atoms with Gasteiger partial charge in [-0.15, -0.1) is 0 Å². The van der Waals surface area contributed by atoms with Crippen molar-refractivity contribution < 1.29 is 8.98 Å². The zero-order valence-electron chi connectivity index (χ0n) is 24.4. The number of aryl methyl sites for hydroxylation is 3. The number of hydrogen-bond donors (Lipinski definition) is 0. The van der Waals surface area contributed by atoms with Crippen LogP contribution in [-0.4, -0.2) is 0 Å². The van der Waals surface area contributed by atoms with E-state index in [1.165, 1.54) is 27.9 Å². The van der Waals surface area contributed by atoms with Crippen molar-refractivity contribution in [2.45, 2.75) is 71.6 Å². The molecule has 1 aliphatic rings. The van der Waals surface area contributed by atoms with Crippen LogP contribution in [0.3, 0.4) is 0 Å². The molecular weight excluding hydrogens is 488 g/mol. The van der Waals surface area contributed by atoms with Crippen LogP contribution in [0.1, 0.15) is 84.7 Å². The fourth-order valence-corrected chi connectivity index (χ4v) is 7.04. The van der Waals surface area contributed by atoms with Crippen LogP contribution in [0.2, 0.25) is 0 Å². The largest absolute Gasteiger partial charge is 0.455 e. The lowest BCUT2D eigenvalue weighted by Crippen LogP contribution is -2.31. The van der Waals surface area contributed by atoms with E-state index in [0.717, 1.165) is 70.7 Å². The first-order valence-corrected chi connectivity index (χ1v) is 14.8. The molecule has 5 aromatic rings. The third-order valence-electron chi connectivity index (χ3n) is 9.05. The lowest BCUT2D eigenvalue weighted by molar-refractivity contribution is -0.660. The van der Waals surface area contributed by atoms with Crippen molar-refractivity contribution in [1.29, 1.82) is 5.26 Å². The van der Waals surface area contributed by atoms with Gasteiger partial charge in [0.2, 0.25) is 5.69 Å². The molecule has 1 saturated carbocycles. The van der Waals surface area contributed by atoms with Gasteiger partial charge in [0.15, 0.2) is 6.20 Å². The zero-order valence-corrected chi connectivity index (χ0v) is 24.4. The maximum atomic E-state index is 10.2. The molecule has 0 amide bonds. The van der Waals surface area contributed by atoms with Crippen molar-refractivity contribution in [1.82, 2.24) is 0 Å². The first-order valence-electron chi connectivity index (χ1n) is 14.8. The normalized spacial score (nSPS) is 17.5. The quantitative estimate of drug-likeness (QED) is 0.214. The number of fused-ring (bicyclic) bond motifs is 3. The summed E-state index contributed by atoms with van der Waals surface area (Å²) in [7, 11) is 2.11. The van der Waals surface area contributed by atoms with Gasteiger partial charge < -0.3 is 4.42 Å². The van der Waals surface area contributed by atoms with Crippen molar-refractivity contribution in [2.24, 2.45) is 13.0 Å². The topological polar surface area (TPSA) is 40.8 Å². The highest BCUT2D eigenvalue weighted by Gasteiger charge is 2.30. The first kappa shape index (κ1) is 26.3. The minimum absolute atomic E-state index is 0.328. The van der Waals surface area contributed by atoms with Crippen LogP contribution in [0, 0.1) is 31.1 Å². The third kappa shape index (κ3) is 4.60. The van der Waals surface area contributed by atoms with E-state index in [-0.39, 0.29) is 0 Å². The molecule has 0 spiro atoms. The molecule has 0 unspecified atom stereocenters. The Morgan fingerprint density at radius 2 is 1.57 bits per heavy atom. The average Bonchev–Trinajstić information content (AvgIpc) is 3.32. The highest BCUT2D eigenvalue weighted by atomic mass is 16.3. The van der Waals surface area contributed by atoms with Gasteiger partial charge in [-0.05, 0) is 98.1 Å². The number of benzene rings is 3. The molecule has 2 heterocycles. The van der Waals surface area contributed by atoms with Gasteiger partial charge in [0.05, 0.1) is 17.2 Å². The lowest BCUT2D eigenvalue weighted by atomic mass is 9.74. The summed E-state index contributed by atoms with van der Waals surface area (Å²) in [6.07, 6.45) is 7.63. The van der Waals surface area contributed by atoms with Crippen molar-refractivity contribution in [2.75, 3.05) is 0 Å². The molecule has 202 valence electrons. The summed E-state index contributed by atoms with van der Waals surface area (Å²) in [6.45, 7) is 8.93. The van der Waals surface area contributed by atoms with Crippen LogP contribution in [0.25, 0.3) is 33.2 Å². The summed E-state index contributed by atoms with van der Waals surface area (Å²) >= 11 is 0. The Balaban J connectivity index is 1.46. The SMILES string of the molecule is Cc1ccccc1C1CCC(c2c(C#N)ccc3c2oc2c(-c4cc(CC(C)C)cc[n+]4C)c(C)ccc23)CC1. The highest BCUT2D eigenvalue weighted by molar-refractivity contribution is 6.11. The minimum Gasteiger partial charge on any atom is -0.455 e. The summed E-state index contributed by atoms with van der Waals surface area (Å²) in [5.41, 5.74) is 11.4. The zero-order chi connectivity index (χ0) is 28.0. The van der Waals surface area contributed by atoms with Crippen LogP contribution in [0.15, 0.2) is 71.3 Å². The second-order valence-electron chi connectivity index (χ2n) is 12.3. The lowest BCUT2D eigenvalue weighted by Gasteiger charge is -2.30. The van der Waals surface area contributed by atoms with Gasteiger partial charge in [-0.25, -0.2) is 4.57 Å². The molecule has 3 aromatic carbocycles. The van der Waals surface area contributed by atoms with E-state index in [0.29, 0.717) is 17.8 Å². The molecular formula is C37H39N2O+. The average molecular weight is 528 g/mol. The molecule has 40 heavy (non-hydrogen) atoms. The Hall–Kier alpha value is -3.90. The van der Waals surface area contributed by atoms with Gasteiger partial charge in [-0.1, -0.05) is 50.2 Å². The minimum atomic E-state index is 0.328. The molecule has 0 atom stereocenters. The number of nitrogens with zero attached hydrogens (tertiary/aromatic N) is 2.